The lowest BCUT2D eigenvalue weighted by atomic mass is 9.99. The zero-order chi connectivity index (χ0) is 18.6. The van der Waals surface area contributed by atoms with Crippen LogP contribution in [-0.2, 0) is 17.5 Å². The summed E-state index contributed by atoms with van der Waals surface area (Å²) in [4.78, 5) is 10.7. The van der Waals surface area contributed by atoms with Gasteiger partial charge in [-0.3, -0.25) is 0 Å². The molecule has 0 saturated carbocycles. The van der Waals surface area contributed by atoms with Gasteiger partial charge in [0.1, 0.15) is 11.6 Å². The Bertz CT molecular complexity index is 775. The van der Waals surface area contributed by atoms with Crippen LogP contribution in [-0.4, -0.2) is 24.7 Å². The molecule has 2 aromatic carbocycles. The van der Waals surface area contributed by atoms with Crippen molar-refractivity contribution in [2.45, 2.75) is 12.7 Å². The van der Waals surface area contributed by atoms with Gasteiger partial charge in [-0.1, -0.05) is 6.07 Å². The standard InChI is InChI=1S/C17H15F4NO3/c1-22-8-10-2-3-15(25-9-16(23)24)14(4-10)11-5-12(17(19,20)21)7-13(18)6-11/h2-7,22H,8-9H2,1H3,(H,23,24). The largest absolute Gasteiger partial charge is 0.481 e. The quantitative estimate of drug-likeness (QED) is 0.774. The topological polar surface area (TPSA) is 58.6 Å². The number of hydrogen-bond donors (Lipinski definition) is 2. The van der Waals surface area contributed by atoms with E-state index >= 15 is 0 Å². The van der Waals surface area contributed by atoms with E-state index in [1.165, 1.54) is 12.1 Å². The highest BCUT2D eigenvalue weighted by atomic mass is 19.4. The molecule has 0 radical (unpaired) electrons. The predicted molar refractivity (Wildman–Crippen MR) is 82.7 cm³/mol. The molecule has 0 heterocycles. The zero-order valence-corrected chi connectivity index (χ0v) is 13.2. The van der Waals surface area contributed by atoms with Crippen LogP contribution in [0.5, 0.6) is 5.75 Å². The van der Waals surface area contributed by atoms with E-state index in [-0.39, 0.29) is 16.9 Å². The Hall–Kier alpha value is -2.61. The second-order valence-corrected chi connectivity index (χ2v) is 5.27. The van der Waals surface area contributed by atoms with Crippen molar-refractivity contribution in [3.05, 3.63) is 53.3 Å². The van der Waals surface area contributed by atoms with Gasteiger partial charge in [-0.05, 0) is 48.5 Å². The molecule has 0 spiro atoms. The Morgan fingerprint density at radius 2 is 1.92 bits per heavy atom. The molecule has 0 unspecified atom stereocenters. The predicted octanol–water partition coefficient (Wildman–Crippen LogP) is 3.69. The molecule has 2 rings (SSSR count). The van der Waals surface area contributed by atoms with Gasteiger partial charge in [-0.15, -0.1) is 0 Å². The molecular formula is C17H15F4NO3. The summed E-state index contributed by atoms with van der Waals surface area (Å²) in [5, 5.41) is 11.6. The first kappa shape index (κ1) is 18.7. The molecule has 8 heteroatoms. The monoisotopic (exact) mass is 357 g/mol. The minimum Gasteiger partial charge on any atom is -0.481 e. The minimum absolute atomic E-state index is 0.0503. The Balaban J connectivity index is 2.56. The third kappa shape index (κ3) is 4.93. The third-order valence-electron chi connectivity index (χ3n) is 3.31. The Labute approximate surface area is 141 Å². The van der Waals surface area contributed by atoms with Crippen molar-refractivity contribution in [1.29, 1.82) is 0 Å². The maximum Gasteiger partial charge on any atom is 0.416 e. The van der Waals surface area contributed by atoms with Crippen LogP contribution >= 0.6 is 0 Å². The molecule has 134 valence electrons. The van der Waals surface area contributed by atoms with Crippen molar-refractivity contribution < 1.29 is 32.2 Å². The molecule has 4 nitrogen and oxygen atoms in total. The molecule has 0 fully saturated rings. The van der Waals surface area contributed by atoms with Crippen molar-refractivity contribution in [1.82, 2.24) is 5.32 Å². The van der Waals surface area contributed by atoms with Crippen molar-refractivity contribution >= 4 is 5.97 Å². The molecule has 0 atom stereocenters. The number of aliphatic carboxylic acids is 1. The average molecular weight is 357 g/mol. The fraction of sp³-hybridized carbons (Fsp3) is 0.235. The molecule has 2 N–H and O–H groups in total. The van der Waals surface area contributed by atoms with E-state index in [9.17, 15) is 22.4 Å². The first-order valence-corrected chi connectivity index (χ1v) is 7.21. The van der Waals surface area contributed by atoms with Crippen molar-refractivity contribution in [2.24, 2.45) is 0 Å². The van der Waals surface area contributed by atoms with Crippen LogP contribution in [0.3, 0.4) is 0 Å². The Morgan fingerprint density at radius 3 is 2.52 bits per heavy atom. The number of benzene rings is 2. The van der Waals surface area contributed by atoms with Crippen LogP contribution < -0.4 is 10.1 Å². The molecule has 0 saturated heterocycles. The normalized spacial score (nSPS) is 11.4. The molecule has 0 bridgehead atoms. The van der Waals surface area contributed by atoms with Gasteiger partial charge < -0.3 is 15.2 Å². The van der Waals surface area contributed by atoms with E-state index in [2.05, 4.69) is 5.32 Å². The molecule has 0 aliphatic carbocycles. The maximum atomic E-state index is 13.7. The van der Waals surface area contributed by atoms with Crippen LogP contribution in [0, 0.1) is 5.82 Å². The molecule has 0 aromatic heterocycles. The highest BCUT2D eigenvalue weighted by molar-refractivity contribution is 5.73. The van der Waals surface area contributed by atoms with Crippen LogP contribution in [0.4, 0.5) is 17.6 Å². The first-order chi connectivity index (χ1) is 11.7. The number of carboxylic acids is 1. The third-order valence-corrected chi connectivity index (χ3v) is 3.31. The summed E-state index contributed by atoms with van der Waals surface area (Å²) >= 11 is 0. The number of halogens is 4. The number of hydrogen-bond acceptors (Lipinski definition) is 3. The van der Waals surface area contributed by atoms with E-state index in [1.54, 1.807) is 13.1 Å². The van der Waals surface area contributed by atoms with Gasteiger partial charge in [-0.25, -0.2) is 9.18 Å². The zero-order valence-electron chi connectivity index (χ0n) is 13.2. The first-order valence-electron chi connectivity index (χ1n) is 7.21. The molecule has 0 amide bonds. The summed E-state index contributed by atoms with van der Waals surface area (Å²) < 4.78 is 57.6. The number of rotatable bonds is 6. The Kier molecular flexibility index (Phi) is 5.63. The molecular weight excluding hydrogens is 342 g/mol. The summed E-state index contributed by atoms with van der Waals surface area (Å²) in [6.07, 6.45) is -4.71. The van der Waals surface area contributed by atoms with E-state index in [0.29, 0.717) is 12.6 Å². The second-order valence-electron chi connectivity index (χ2n) is 5.27. The molecule has 0 aliphatic rings. The molecule has 0 aliphatic heterocycles. The van der Waals surface area contributed by atoms with Crippen molar-refractivity contribution in [2.75, 3.05) is 13.7 Å². The fourth-order valence-electron chi connectivity index (χ4n) is 2.29. The maximum absolute atomic E-state index is 13.7. The summed E-state index contributed by atoms with van der Waals surface area (Å²) in [5.41, 5.74) is -0.284. The van der Waals surface area contributed by atoms with Gasteiger partial charge in [0.15, 0.2) is 6.61 Å². The lowest BCUT2D eigenvalue weighted by Crippen LogP contribution is -2.11. The minimum atomic E-state index is -4.71. The lowest BCUT2D eigenvalue weighted by Gasteiger charge is -2.14. The summed E-state index contributed by atoms with van der Waals surface area (Å²) in [7, 11) is 1.69. The van der Waals surface area contributed by atoms with Gasteiger partial charge in [-0.2, -0.15) is 13.2 Å². The van der Waals surface area contributed by atoms with E-state index < -0.39 is 30.1 Å². The summed E-state index contributed by atoms with van der Waals surface area (Å²) in [5.74, 6) is -2.23. The van der Waals surface area contributed by atoms with Crippen molar-refractivity contribution in [3.63, 3.8) is 0 Å². The smallest absolute Gasteiger partial charge is 0.416 e. The highest BCUT2D eigenvalue weighted by Gasteiger charge is 2.31. The van der Waals surface area contributed by atoms with Gasteiger partial charge in [0.05, 0.1) is 5.56 Å². The SMILES string of the molecule is CNCc1ccc(OCC(=O)O)c(-c2cc(F)cc(C(F)(F)F)c2)c1. The number of ether oxygens (including phenoxy) is 1. The molecule has 25 heavy (non-hydrogen) atoms. The number of nitrogens with one attached hydrogen (secondary N) is 1. The van der Waals surface area contributed by atoms with Crippen molar-refractivity contribution in [3.8, 4) is 16.9 Å². The van der Waals surface area contributed by atoms with Gasteiger partial charge in [0, 0.05) is 12.1 Å². The van der Waals surface area contributed by atoms with Crippen LogP contribution in [0.25, 0.3) is 11.1 Å². The van der Waals surface area contributed by atoms with E-state index in [4.69, 9.17) is 9.84 Å². The molecule has 2 aromatic rings. The van der Waals surface area contributed by atoms with Crippen LogP contribution in [0.1, 0.15) is 11.1 Å². The number of carboxylic acid groups (broad SMARTS) is 1. The lowest BCUT2D eigenvalue weighted by molar-refractivity contribution is -0.139. The van der Waals surface area contributed by atoms with Crippen LogP contribution in [0.2, 0.25) is 0 Å². The summed E-state index contributed by atoms with van der Waals surface area (Å²) in [6.45, 7) is -0.243. The number of alkyl halides is 3. The van der Waals surface area contributed by atoms with Gasteiger partial charge >= 0.3 is 12.1 Å². The summed E-state index contributed by atoms with van der Waals surface area (Å²) in [6, 6.07) is 6.77. The van der Waals surface area contributed by atoms with Crippen LogP contribution in [0.15, 0.2) is 36.4 Å². The second kappa shape index (κ2) is 7.52. The Morgan fingerprint density at radius 1 is 1.20 bits per heavy atom. The van der Waals surface area contributed by atoms with Gasteiger partial charge in [0.25, 0.3) is 0 Å². The number of carbonyl (C=O) groups is 1. The fourth-order valence-corrected chi connectivity index (χ4v) is 2.29. The average Bonchev–Trinajstić information content (AvgIpc) is 2.52. The van der Waals surface area contributed by atoms with Gasteiger partial charge in [0.2, 0.25) is 0 Å². The van der Waals surface area contributed by atoms with E-state index in [1.807, 2.05) is 0 Å². The van der Waals surface area contributed by atoms with E-state index in [0.717, 1.165) is 17.7 Å². The highest BCUT2D eigenvalue weighted by Crippen LogP contribution is 2.36.